The number of amides is 1. The summed E-state index contributed by atoms with van der Waals surface area (Å²) in [6, 6.07) is 10.8. The molecular weight excluding hydrogens is 334 g/mol. The highest BCUT2D eigenvalue weighted by molar-refractivity contribution is 5.99. The summed E-state index contributed by atoms with van der Waals surface area (Å²) in [6.07, 6.45) is 0.765. The quantitative estimate of drug-likeness (QED) is 0.767. The maximum Gasteiger partial charge on any atom is 0.269 e. The van der Waals surface area contributed by atoms with Crippen LogP contribution in [0.1, 0.15) is 19.8 Å². The third-order valence-electron chi connectivity index (χ3n) is 4.15. The fourth-order valence-electron chi connectivity index (χ4n) is 2.78. The van der Waals surface area contributed by atoms with Crippen LogP contribution in [0.2, 0.25) is 0 Å². The van der Waals surface area contributed by atoms with Gasteiger partial charge in [-0.1, -0.05) is 6.92 Å². The van der Waals surface area contributed by atoms with Crippen molar-refractivity contribution in [1.29, 1.82) is 0 Å². The highest BCUT2D eigenvalue weighted by Crippen LogP contribution is 2.33. The molecule has 1 atom stereocenters. The molecule has 1 aliphatic heterocycles. The topological polar surface area (TPSA) is 86.9 Å². The molecule has 0 radical (unpaired) electrons. The van der Waals surface area contributed by atoms with Gasteiger partial charge in [-0.15, -0.1) is 0 Å². The molecule has 1 aliphatic rings. The van der Waals surface area contributed by atoms with Crippen LogP contribution in [-0.2, 0) is 4.79 Å². The van der Waals surface area contributed by atoms with Gasteiger partial charge in [0.2, 0.25) is 0 Å². The molecule has 138 valence electrons. The predicted octanol–water partition coefficient (Wildman–Crippen LogP) is 2.65. The molecule has 0 bridgehead atoms. The predicted molar refractivity (Wildman–Crippen MR) is 98.8 cm³/mol. The minimum absolute atomic E-state index is 0.0949. The Hall–Kier alpha value is -2.96. The number of hydrogen-bond donors (Lipinski definition) is 1. The third-order valence-corrected chi connectivity index (χ3v) is 4.15. The standard InChI is InChI=1S/C19H23N3O4/c1-3-15-19(23)22(18-16(26-15)9-10-17(20)21-18)11-4-12-25-14-7-5-13(24-2)6-8-14/h5-10,15H,3-4,11-12H2,1-2H3,(H2,20,21). The summed E-state index contributed by atoms with van der Waals surface area (Å²) in [4.78, 5) is 18.5. The molecule has 1 aromatic heterocycles. The molecule has 2 N–H and O–H groups in total. The van der Waals surface area contributed by atoms with Gasteiger partial charge in [0.05, 0.1) is 13.7 Å². The van der Waals surface area contributed by atoms with Crippen LogP contribution < -0.4 is 24.8 Å². The Morgan fingerprint density at radius 2 is 1.92 bits per heavy atom. The Kier molecular flexibility index (Phi) is 5.46. The number of pyridine rings is 1. The summed E-state index contributed by atoms with van der Waals surface area (Å²) in [5, 5.41) is 0. The molecule has 0 fully saturated rings. The lowest BCUT2D eigenvalue weighted by Gasteiger charge is -2.33. The monoisotopic (exact) mass is 357 g/mol. The summed E-state index contributed by atoms with van der Waals surface area (Å²) < 4.78 is 16.6. The third kappa shape index (κ3) is 3.82. The van der Waals surface area contributed by atoms with E-state index < -0.39 is 6.10 Å². The number of rotatable bonds is 7. The number of anilines is 2. The fourth-order valence-corrected chi connectivity index (χ4v) is 2.78. The van der Waals surface area contributed by atoms with Crippen LogP contribution in [0.4, 0.5) is 11.6 Å². The largest absolute Gasteiger partial charge is 0.497 e. The Labute approximate surface area is 152 Å². The molecule has 7 nitrogen and oxygen atoms in total. The Morgan fingerprint density at radius 3 is 2.62 bits per heavy atom. The molecule has 26 heavy (non-hydrogen) atoms. The Morgan fingerprint density at radius 1 is 1.19 bits per heavy atom. The lowest BCUT2D eigenvalue weighted by atomic mass is 10.2. The van der Waals surface area contributed by atoms with E-state index in [0.717, 1.165) is 11.5 Å². The summed E-state index contributed by atoms with van der Waals surface area (Å²) >= 11 is 0. The van der Waals surface area contributed by atoms with E-state index in [-0.39, 0.29) is 5.91 Å². The van der Waals surface area contributed by atoms with Crippen molar-refractivity contribution >= 4 is 17.5 Å². The van der Waals surface area contributed by atoms with Crippen LogP contribution in [0, 0.1) is 0 Å². The van der Waals surface area contributed by atoms with Crippen molar-refractivity contribution in [2.24, 2.45) is 0 Å². The summed E-state index contributed by atoms with van der Waals surface area (Å²) in [6.45, 7) is 2.88. The van der Waals surface area contributed by atoms with Gasteiger partial charge in [0.25, 0.3) is 5.91 Å². The van der Waals surface area contributed by atoms with E-state index in [0.29, 0.717) is 43.4 Å². The van der Waals surface area contributed by atoms with Crippen molar-refractivity contribution in [3.05, 3.63) is 36.4 Å². The number of aromatic nitrogens is 1. The minimum Gasteiger partial charge on any atom is -0.497 e. The number of hydrogen-bond acceptors (Lipinski definition) is 6. The van der Waals surface area contributed by atoms with E-state index in [9.17, 15) is 4.79 Å². The molecule has 0 saturated carbocycles. The van der Waals surface area contributed by atoms with Crippen molar-refractivity contribution in [3.63, 3.8) is 0 Å². The zero-order valence-corrected chi connectivity index (χ0v) is 15.0. The second-order valence-corrected chi connectivity index (χ2v) is 5.94. The molecule has 1 amide bonds. The molecule has 7 heteroatoms. The van der Waals surface area contributed by atoms with Crippen molar-refractivity contribution in [1.82, 2.24) is 4.98 Å². The van der Waals surface area contributed by atoms with Crippen molar-refractivity contribution < 1.29 is 19.0 Å². The highest BCUT2D eigenvalue weighted by Gasteiger charge is 2.34. The van der Waals surface area contributed by atoms with Gasteiger partial charge in [-0.05, 0) is 49.2 Å². The number of nitrogens with zero attached hydrogens (tertiary/aromatic N) is 2. The number of nitrogen functional groups attached to an aromatic ring is 1. The number of methoxy groups -OCH3 is 1. The smallest absolute Gasteiger partial charge is 0.269 e. The van der Waals surface area contributed by atoms with Gasteiger partial charge in [0.15, 0.2) is 17.7 Å². The second kappa shape index (κ2) is 7.95. The van der Waals surface area contributed by atoms with Gasteiger partial charge in [-0.25, -0.2) is 4.98 Å². The van der Waals surface area contributed by atoms with Gasteiger partial charge < -0.3 is 19.9 Å². The average molecular weight is 357 g/mol. The van der Waals surface area contributed by atoms with Crippen LogP contribution in [-0.4, -0.2) is 37.3 Å². The first-order valence-electron chi connectivity index (χ1n) is 8.63. The Bertz CT molecular complexity index is 764. The summed E-state index contributed by atoms with van der Waals surface area (Å²) in [5.74, 6) is 2.86. The van der Waals surface area contributed by atoms with E-state index >= 15 is 0 Å². The average Bonchev–Trinajstić information content (AvgIpc) is 2.67. The molecule has 2 heterocycles. The zero-order chi connectivity index (χ0) is 18.5. The summed E-state index contributed by atoms with van der Waals surface area (Å²) in [5.41, 5.74) is 5.77. The van der Waals surface area contributed by atoms with Crippen LogP contribution in [0.3, 0.4) is 0 Å². The molecule has 0 spiro atoms. The van der Waals surface area contributed by atoms with E-state index in [1.807, 2.05) is 31.2 Å². The maximum atomic E-state index is 12.6. The van der Waals surface area contributed by atoms with Gasteiger partial charge in [-0.2, -0.15) is 0 Å². The highest BCUT2D eigenvalue weighted by atomic mass is 16.5. The van der Waals surface area contributed by atoms with Crippen LogP contribution in [0.5, 0.6) is 17.2 Å². The van der Waals surface area contributed by atoms with Crippen LogP contribution >= 0.6 is 0 Å². The van der Waals surface area contributed by atoms with Gasteiger partial charge in [-0.3, -0.25) is 9.69 Å². The summed E-state index contributed by atoms with van der Waals surface area (Å²) in [7, 11) is 1.62. The van der Waals surface area contributed by atoms with E-state index in [4.69, 9.17) is 19.9 Å². The van der Waals surface area contributed by atoms with Crippen molar-refractivity contribution in [2.75, 3.05) is 30.9 Å². The number of ether oxygens (including phenoxy) is 3. The lowest BCUT2D eigenvalue weighted by Crippen LogP contribution is -2.46. The van der Waals surface area contributed by atoms with E-state index in [1.54, 1.807) is 24.1 Å². The zero-order valence-electron chi connectivity index (χ0n) is 15.0. The maximum absolute atomic E-state index is 12.6. The molecule has 1 unspecified atom stereocenters. The minimum atomic E-state index is -0.490. The van der Waals surface area contributed by atoms with Gasteiger partial charge >= 0.3 is 0 Å². The SMILES string of the molecule is CCC1Oc2ccc(N)nc2N(CCCOc2ccc(OC)cc2)C1=O. The normalized spacial score (nSPS) is 16.0. The van der Waals surface area contributed by atoms with Crippen LogP contribution in [0.25, 0.3) is 0 Å². The molecule has 1 aromatic carbocycles. The molecule has 2 aromatic rings. The first-order chi connectivity index (χ1) is 12.6. The van der Waals surface area contributed by atoms with Crippen molar-refractivity contribution in [2.45, 2.75) is 25.9 Å². The number of carbonyl (C=O) groups is 1. The fraction of sp³-hybridized carbons (Fsp3) is 0.368. The first kappa shape index (κ1) is 17.8. The number of carbonyl (C=O) groups excluding carboxylic acids is 1. The van der Waals surface area contributed by atoms with Crippen molar-refractivity contribution in [3.8, 4) is 17.2 Å². The number of fused-ring (bicyclic) bond motifs is 1. The first-order valence-corrected chi connectivity index (χ1v) is 8.63. The van der Waals surface area contributed by atoms with E-state index in [1.165, 1.54) is 0 Å². The van der Waals surface area contributed by atoms with Crippen LogP contribution in [0.15, 0.2) is 36.4 Å². The van der Waals surface area contributed by atoms with E-state index in [2.05, 4.69) is 4.98 Å². The number of nitrogens with two attached hydrogens (primary N) is 1. The molecular formula is C19H23N3O4. The van der Waals surface area contributed by atoms with Gasteiger partial charge in [0.1, 0.15) is 17.3 Å². The molecule has 0 saturated heterocycles. The Balaban J connectivity index is 1.62. The lowest BCUT2D eigenvalue weighted by molar-refractivity contribution is -0.126. The molecule has 0 aliphatic carbocycles. The molecule has 3 rings (SSSR count). The van der Waals surface area contributed by atoms with Gasteiger partial charge in [0, 0.05) is 6.54 Å². The number of benzene rings is 1. The second-order valence-electron chi connectivity index (χ2n) is 5.94.